The van der Waals surface area contributed by atoms with E-state index < -0.39 is 0 Å². The number of benzene rings is 1. The number of rotatable bonds is 4. The Hall–Kier alpha value is -1.55. The van der Waals surface area contributed by atoms with E-state index in [2.05, 4.69) is 12.0 Å². The molecule has 4 heteroatoms. The summed E-state index contributed by atoms with van der Waals surface area (Å²) in [5.41, 5.74) is 2.20. The Balaban J connectivity index is 2.35. The van der Waals surface area contributed by atoms with Gasteiger partial charge in [0, 0.05) is 5.69 Å². The first-order valence-electron chi connectivity index (χ1n) is 5.70. The molecule has 0 bridgehead atoms. The molecule has 0 amide bonds. The number of methoxy groups -OCH3 is 1. The van der Waals surface area contributed by atoms with Crippen LogP contribution < -0.4 is 4.74 Å². The van der Waals surface area contributed by atoms with Gasteiger partial charge >= 0.3 is 0 Å². The van der Waals surface area contributed by atoms with Crippen molar-refractivity contribution in [2.24, 2.45) is 0 Å². The van der Waals surface area contributed by atoms with Crippen molar-refractivity contribution in [3.63, 3.8) is 0 Å². The number of hydrogen-bond acceptors (Lipinski definition) is 2. The fourth-order valence-electron chi connectivity index (χ4n) is 1.77. The highest BCUT2D eigenvalue weighted by atomic mass is 32.1. The molecule has 0 saturated carbocycles. The molecule has 0 spiro atoms. The molecule has 1 heterocycles. The molecule has 0 saturated heterocycles. The number of ether oxygens (including phenoxy) is 1. The van der Waals surface area contributed by atoms with Crippen molar-refractivity contribution in [3.05, 3.63) is 40.7 Å². The van der Waals surface area contributed by atoms with Crippen LogP contribution >= 0.6 is 12.2 Å². The lowest BCUT2D eigenvalue weighted by Gasteiger charge is -2.04. The molecule has 0 atom stereocenters. The minimum Gasteiger partial charge on any atom is -0.497 e. The molecular weight excluding hydrogens is 232 g/mol. The van der Waals surface area contributed by atoms with Gasteiger partial charge in [-0.05, 0) is 36.8 Å². The molecular formula is C13H16N2OS. The average molecular weight is 248 g/mol. The van der Waals surface area contributed by atoms with E-state index in [0.717, 1.165) is 28.9 Å². The monoisotopic (exact) mass is 248 g/mol. The zero-order valence-electron chi connectivity index (χ0n) is 10.1. The summed E-state index contributed by atoms with van der Waals surface area (Å²) in [6.07, 6.45) is 2.13. The summed E-state index contributed by atoms with van der Waals surface area (Å²) >= 11 is 5.33. The van der Waals surface area contributed by atoms with E-state index in [-0.39, 0.29) is 0 Å². The molecule has 0 aliphatic carbocycles. The van der Waals surface area contributed by atoms with E-state index in [1.54, 1.807) is 7.11 Å². The molecule has 1 aromatic heterocycles. The van der Waals surface area contributed by atoms with Crippen LogP contribution in [0.25, 0.3) is 5.69 Å². The summed E-state index contributed by atoms with van der Waals surface area (Å²) in [7, 11) is 1.66. The first kappa shape index (κ1) is 11.9. The normalized spacial score (nSPS) is 10.5. The fraction of sp³-hybridized carbons (Fsp3) is 0.308. The van der Waals surface area contributed by atoms with Crippen LogP contribution in [0.5, 0.6) is 5.75 Å². The van der Waals surface area contributed by atoms with Crippen molar-refractivity contribution in [1.29, 1.82) is 0 Å². The Morgan fingerprint density at radius 2 is 2.00 bits per heavy atom. The van der Waals surface area contributed by atoms with Gasteiger partial charge in [0.05, 0.1) is 12.8 Å². The smallest absolute Gasteiger partial charge is 0.127 e. The Kier molecular flexibility index (Phi) is 3.64. The molecule has 3 nitrogen and oxygen atoms in total. The summed E-state index contributed by atoms with van der Waals surface area (Å²) < 4.78 is 7.85. The quantitative estimate of drug-likeness (QED) is 0.839. The molecule has 0 fully saturated rings. The molecule has 0 aliphatic heterocycles. The van der Waals surface area contributed by atoms with Gasteiger partial charge in [0.15, 0.2) is 0 Å². The predicted molar refractivity (Wildman–Crippen MR) is 71.5 cm³/mol. The van der Waals surface area contributed by atoms with Gasteiger partial charge < -0.3 is 4.74 Å². The van der Waals surface area contributed by atoms with Crippen LogP contribution in [-0.2, 0) is 6.42 Å². The van der Waals surface area contributed by atoms with Gasteiger partial charge in [0.25, 0.3) is 0 Å². The topological polar surface area (TPSA) is 29.9 Å². The number of nitrogens with one attached hydrogen (secondary N) is 1. The van der Waals surface area contributed by atoms with Crippen LogP contribution in [0.4, 0.5) is 0 Å². The minimum atomic E-state index is 0.804. The van der Waals surface area contributed by atoms with E-state index in [1.807, 2.05) is 35.0 Å². The molecule has 0 radical (unpaired) electrons. The van der Waals surface area contributed by atoms with Crippen molar-refractivity contribution in [3.8, 4) is 11.4 Å². The second-order valence-electron chi connectivity index (χ2n) is 3.90. The minimum absolute atomic E-state index is 0.804. The standard InChI is InChI=1S/C13H16N2OS/c1-3-4-10-9-13(17)15(14-10)11-5-7-12(16-2)8-6-11/h5-9,14H,3-4H2,1-2H3. The maximum atomic E-state index is 5.33. The van der Waals surface area contributed by atoms with Crippen molar-refractivity contribution in [2.45, 2.75) is 19.8 Å². The highest BCUT2D eigenvalue weighted by Gasteiger charge is 2.02. The van der Waals surface area contributed by atoms with E-state index >= 15 is 0 Å². The predicted octanol–water partition coefficient (Wildman–Crippen LogP) is 3.50. The van der Waals surface area contributed by atoms with Crippen LogP contribution in [0.3, 0.4) is 0 Å². The number of hydrogen-bond donors (Lipinski definition) is 1. The molecule has 0 aliphatic rings. The zero-order chi connectivity index (χ0) is 12.3. The molecule has 2 rings (SSSR count). The summed E-state index contributed by atoms with van der Waals surface area (Å²) in [5, 5.41) is 3.31. The van der Waals surface area contributed by atoms with Gasteiger partial charge in [-0.15, -0.1) is 0 Å². The first-order chi connectivity index (χ1) is 8.24. The SMILES string of the molecule is CCCc1cc(=S)n(-c2ccc(OC)cc2)[nH]1. The number of aromatic amines is 1. The number of nitrogens with zero attached hydrogens (tertiary/aromatic N) is 1. The second-order valence-corrected chi connectivity index (χ2v) is 4.32. The lowest BCUT2D eigenvalue weighted by molar-refractivity contribution is 0.414. The molecule has 17 heavy (non-hydrogen) atoms. The second kappa shape index (κ2) is 5.19. The largest absolute Gasteiger partial charge is 0.497 e. The highest BCUT2D eigenvalue weighted by Crippen LogP contribution is 2.15. The summed E-state index contributed by atoms with van der Waals surface area (Å²) in [4.78, 5) is 0. The summed E-state index contributed by atoms with van der Waals surface area (Å²) in [6, 6.07) is 9.85. The Labute approximate surface area is 106 Å². The molecule has 1 N–H and O–H groups in total. The summed E-state index contributed by atoms with van der Waals surface area (Å²) in [5.74, 6) is 0.848. The number of H-pyrrole nitrogens is 1. The Bertz CT molecular complexity index is 539. The lowest BCUT2D eigenvalue weighted by Crippen LogP contribution is -1.97. The van der Waals surface area contributed by atoms with Crippen LogP contribution in [0.2, 0.25) is 0 Å². The Morgan fingerprint density at radius 1 is 1.29 bits per heavy atom. The van der Waals surface area contributed by atoms with E-state index in [9.17, 15) is 0 Å². The van der Waals surface area contributed by atoms with Crippen molar-refractivity contribution >= 4 is 12.2 Å². The highest BCUT2D eigenvalue weighted by molar-refractivity contribution is 7.71. The zero-order valence-corrected chi connectivity index (χ0v) is 10.9. The molecule has 0 unspecified atom stereocenters. The van der Waals surface area contributed by atoms with Crippen molar-refractivity contribution in [2.75, 3.05) is 7.11 Å². The molecule has 2 aromatic rings. The third-order valence-corrected chi connectivity index (χ3v) is 2.92. The molecule has 1 aromatic carbocycles. The maximum Gasteiger partial charge on any atom is 0.127 e. The van der Waals surface area contributed by atoms with E-state index in [0.29, 0.717) is 0 Å². The number of aromatic nitrogens is 2. The molecule has 90 valence electrons. The van der Waals surface area contributed by atoms with Crippen LogP contribution in [0, 0.1) is 4.64 Å². The van der Waals surface area contributed by atoms with Gasteiger partial charge in [0.2, 0.25) is 0 Å². The summed E-state index contributed by atoms with van der Waals surface area (Å²) in [6.45, 7) is 2.15. The van der Waals surface area contributed by atoms with Gasteiger partial charge in [-0.3, -0.25) is 5.10 Å². The average Bonchev–Trinajstić information content (AvgIpc) is 2.71. The van der Waals surface area contributed by atoms with Gasteiger partial charge in [0.1, 0.15) is 10.4 Å². The van der Waals surface area contributed by atoms with Gasteiger partial charge in [-0.2, -0.15) is 0 Å². The van der Waals surface area contributed by atoms with E-state index in [4.69, 9.17) is 17.0 Å². The van der Waals surface area contributed by atoms with Crippen LogP contribution in [0.15, 0.2) is 30.3 Å². The first-order valence-corrected chi connectivity index (χ1v) is 6.10. The van der Waals surface area contributed by atoms with Gasteiger partial charge in [-0.25, -0.2) is 4.68 Å². The maximum absolute atomic E-state index is 5.33. The third-order valence-electron chi connectivity index (χ3n) is 2.62. The lowest BCUT2D eigenvalue weighted by atomic mass is 10.3. The Morgan fingerprint density at radius 3 is 2.59 bits per heavy atom. The fourth-order valence-corrected chi connectivity index (χ4v) is 2.06. The number of aryl methyl sites for hydroxylation is 1. The van der Waals surface area contributed by atoms with Crippen LogP contribution in [0.1, 0.15) is 19.0 Å². The van der Waals surface area contributed by atoms with Gasteiger partial charge in [-0.1, -0.05) is 25.6 Å². The van der Waals surface area contributed by atoms with Crippen LogP contribution in [-0.4, -0.2) is 16.9 Å². The van der Waals surface area contributed by atoms with Crippen molar-refractivity contribution in [1.82, 2.24) is 9.78 Å². The van der Waals surface area contributed by atoms with E-state index in [1.165, 1.54) is 5.69 Å². The van der Waals surface area contributed by atoms with Crippen molar-refractivity contribution < 1.29 is 4.74 Å². The third kappa shape index (κ3) is 2.58.